The Hall–Kier alpha value is -0.160. The van der Waals surface area contributed by atoms with E-state index < -0.39 is 0 Å². The zero-order valence-corrected chi connectivity index (χ0v) is 10.0. The Morgan fingerprint density at radius 3 is 2.40 bits per heavy atom. The quantitative estimate of drug-likeness (QED) is 0.698. The topological polar surface area (TPSA) is 47.9 Å². The third-order valence-corrected chi connectivity index (χ3v) is 2.44. The molecular formula is C11H22O4. The SMILES string of the molecule is COC1C(O)CC1OCCOC(C)(C)C. The maximum Gasteiger partial charge on any atom is 0.109 e. The van der Waals surface area contributed by atoms with E-state index in [9.17, 15) is 5.11 Å². The molecule has 0 radical (unpaired) electrons. The molecule has 0 bridgehead atoms. The second-order valence-corrected chi connectivity index (χ2v) is 4.87. The monoisotopic (exact) mass is 218 g/mol. The van der Waals surface area contributed by atoms with Crippen molar-refractivity contribution in [3.63, 3.8) is 0 Å². The molecule has 4 heteroatoms. The summed E-state index contributed by atoms with van der Waals surface area (Å²) in [6.45, 7) is 7.16. The van der Waals surface area contributed by atoms with E-state index in [1.165, 1.54) is 0 Å². The molecule has 3 unspecified atom stereocenters. The molecule has 0 aromatic rings. The van der Waals surface area contributed by atoms with Crippen molar-refractivity contribution in [1.29, 1.82) is 0 Å². The van der Waals surface area contributed by atoms with Gasteiger partial charge in [-0.25, -0.2) is 0 Å². The Morgan fingerprint density at radius 2 is 1.93 bits per heavy atom. The second-order valence-electron chi connectivity index (χ2n) is 4.87. The summed E-state index contributed by atoms with van der Waals surface area (Å²) in [5.74, 6) is 0. The van der Waals surface area contributed by atoms with Gasteiger partial charge >= 0.3 is 0 Å². The highest BCUT2D eigenvalue weighted by Crippen LogP contribution is 2.26. The van der Waals surface area contributed by atoms with Crippen LogP contribution in [-0.4, -0.2) is 49.3 Å². The van der Waals surface area contributed by atoms with E-state index in [-0.39, 0.29) is 23.9 Å². The van der Waals surface area contributed by atoms with Crippen LogP contribution >= 0.6 is 0 Å². The fourth-order valence-electron chi connectivity index (χ4n) is 1.58. The second kappa shape index (κ2) is 5.25. The van der Waals surface area contributed by atoms with Crippen LogP contribution in [0.5, 0.6) is 0 Å². The van der Waals surface area contributed by atoms with Crippen molar-refractivity contribution in [2.45, 2.75) is 51.1 Å². The minimum atomic E-state index is -0.372. The summed E-state index contributed by atoms with van der Waals surface area (Å²) >= 11 is 0. The van der Waals surface area contributed by atoms with Crippen LogP contribution in [0.1, 0.15) is 27.2 Å². The van der Waals surface area contributed by atoms with Crippen LogP contribution in [0.25, 0.3) is 0 Å². The summed E-state index contributed by atoms with van der Waals surface area (Å²) in [5.41, 5.74) is -0.122. The summed E-state index contributed by atoms with van der Waals surface area (Å²) in [6.07, 6.45) is 0.144. The lowest BCUT2D eigenvalue weighted by molar-refractivity contribution is -0.188. The Labute approximate surface area is 91.5 Å². The van der Waals surface area contributed by atoms with Crippen molar-refractivity contribution in [1.82, 2.24) is 0 Å². The van der Waals surface area contributed by atoms with Crippen LogP contribution in [0.15, 0.2) is 0 Å². The third kappa shape index (κ3) is 4.07. The summed E-state index contributed by atoms with van der Waals surface area (Å²) in [4.78, 5) is 0. The van der Waals surface area contributed by atoms with Crippen LogP contribution in [0, 0.1) is 0 Å². The van der Waals surface area contributed by atoms with Gasteiger partial charge in [0.1, 0.15) is 6.10 Å². The number of hydrogen-bond donors (Lipinski definition) is 1. The van der Waals surface area contributed by atoms with E-state index in [2.05, 4.69) is 0 Å². The van der Waals surface area contributed by atoms with E-state index in [4.69, 9.17) is 14.2 Å². The van der Waals surface area contributed by atoms with Crippen molar-refractivity contribution in [3.8, 4) is 0 Å². The first kappa shape index (κ1) is 12.9. The van der Waals surface area contributed by atoms with Crippen LogP contribution in [0.4, 0.5) is 0 Å². The molecule has 1 aliphatic rings. The van der Waals surface area contributed by atoms with Crippen LogP contribution < -0.4 is 0 Å². The predicted molar refractivity (Wildman–Crippen MR) is 56.9 cm³/mol. The lowest BCUT2D eigenvalue weighted by Crippen LogP contribution is -2.53. The first-order valence-corrected chi connectivity index (χ1v) is 5.40. The van der Waals surface area contributed by atoms with Crippen molar-refractivity contribution in [2.75, 3.05) is 20.3 Å². The van der Waals surface area contributed by atoms with Gasteiger partial charge in [-0.15, -0.1) is 0 Å². The zero-order chi connectivity index (χ0) is 11.5. The largest absolute Gasteiger partial charge is 0.390 e. The molecule has 0 aromatic heterocycles. The van der Waals surface area contributed by atoms with Crippen LogP contribution in [-0.2, 0) is 14.2 Å². The number of aliphatic hydroxyl groups excluding tert-OH is 1. The fraction of sp³-hybridized carbons (Fsp3) is 1.00. The van der Waals surface area contributed by atoms with Gasteiger partial charge in [-0.3, -0.25) is 0 Å². The zero-order valence-electron chi connectivity index (χ0n) is 10.0. The first-order valence-electron chi connectivity index (χ1n) is 5.40. The number of hydrogen-bond acceptors (Lipinski definition) is 4. The van der Waals surface area contributed by atoms with Gasteiger partial charge in [-0.1, -0.05) is 0 Å². The summed E-state index contributed by atoms with van der Waals surface area (Å²) < 4.78 is 16.1. The van der Waals surface area contributed by atoms with Gasteiger partial charge < -0.3 is 19.3 Å². The molecule has 3 atom stereocenters. The van der Waals surface area contributed by atoms with Gasteiger partial charge in [0.25, 0.3) is 0 Å². The fourth-order valence-corrected chi connectivity index (χ4v) is 1.58. The van der Waals surface area contributed by atoms with Crippen molar-refractivity contribution < 1.29 is 19.3 Å². The maximum atomic E-state index is 9.33. The summed E-state index contributed by atoms with van der Waals surface area (Å²) in [6, 6.07) is 0. The summed E-state index contributed by atoms with van der Waals surface area (Å²) in [5, 5.41) is 9.33. The predicted octanol–water partition coefficient (Wildman–Crippen LogP) is 0.966. The van der Waals surface area contributed by atoms with Gasteiger partial charge in [0.15, 0.2) is 0 Å². The smallest absolute Gasteiger partial charge is 0.109 e. The highest BCUT2D eigenvalue weighted by molar-refractivity contribution is 4.91. The highest BCUT2D eigenvalue weighted by atomic mass is 16.6. The molecule has 0 aromatic carbocycles. The van der Waals surface area contributed by atoms with E-state index in [1.54, 1.807) is 7.11 Å². The molecule has 0 saturated heterocycles. The van der Waals surface area contributed by atoms with Crippen LogP contribution in [0.2, 0.25) is 0 Å². The Morgan fingerprint density at radius 1 is 1.27 bits per heavy atom. The van der Waals surface area contributed by atoms with E-state index in [0.717, 1.165) is 0 Å². The first-order chi connectivity index (χ1) is 6.94. The van der Waals surface area contributed by atoms with E-state index in [0.29, 0.717) is 19.6 Å². The average Bonchev–Trinajstić information content (AvgIpc) is 2.09. The van der Waals surface area contributed by atoms with Crippen molar-refractivity contribution >= 4 is 0 Å². The molecule has 0 amide bonds. The van der Waals surface area contributed by atoms with Crippen molar-refractivity contribution in [2.24, 2.45) is 0 Å². The Kier molecular flexibility index (Phi) is 4.52. The molecule has 1 aliphatic carbocycles. The molecule has 0 spiro atoms. The van der Waals surface area contributed by atoms with Crippen LogP contribution in [0.3, 0.4) is 0 Å². The van der Waals surface area contributed by atoms with Gasteiger partial charge in [-0.05, 0) is 20.8 Å². The maximum absolute atomic E-state index is 9.33. The minimum Gasteiger partial charge on any atom is -0.390 e. The van der Waals surface area contributed by atoms with Gasteiger partial charge in [0, 0.05) is 13.5 Å². The normalized spacial score (nSPS) is 31.4. The van der Waals surface area contributed by atoms with Crippen molar-refractivity contribution in [3.05, 3.63) is 0 Å². The molecule has 1 fully saturated rings. The molecule has 15 heavy (non-hydrogen) atoms. The van der Waals surface area contributed by atoms with Gasteiger partial charge in [-0.2, -0.15) is 0 Å². The van der Waals surface area contributed by atoms with Gasteiger partial charge in [0.2, 0.25) is 0 Å². The molecular weight excluding hydrogens is 196 g/mol. The lowest BCUT2D eigenvalue weighted by Gasteiger charge is -2.40. The lowest BCUT2D eigenvalue weighted by atomic mass is 9.88. The molecule has 1 saturated carbocycles. The number of ether oxygens (including phenoxy) is 3. The Bertz CT molecular complexity index is 188. The summed E-state index contributed by atoms with van der Waals surface area (Å²) in [7, 11) is 1.59. The average molecular weight is 218 g/mol. The number of rotatable bonds is 5. The molecule has 90 valence electrons. The van der Waals surface area contributed by atoms with E-state index in [1.807, 2.05) is 20.8 Å². The van der Waals surface area contributed by atoms with E-state index >= 15 is 0 Å². The standard InChI is InChI=1S/C11H22O4/c1-11(2,3)15-6-5-14-9-7-8(12)10(9)13-4/h8-10,12H,5-7H2,1-4H3. The third-order valence-electron chi connectivity index (χ3n) is 2.44. The Balaban J connectivity index is 2.06. The number of aliphatic hydroxyl groups is 1. The molecule has 1 N–H and O–H groups in total. The molecule has 0 aliphatic heterocycles. The number of methoxy groups -OCH3 is 1. The molecule has 4 nitrogen and oxygen atoms in total. The molecule has 1 rings (SSSR count). The highest BCUT2D eigenvalue weighted by Gasteiger charge is 2.41. The van der Waals surface area contributed by atoms with Gasteiger partial charge in [0.05, 0.1) is 31.0 Å². The minimum absolute atomic E-state index is 0.0218. The molecule has 0 heterocycles.